The zero-order valence-corrected chi connectivity index (χ0v) is 15.8. The summed E-state index contributed by atoms with van der Waals surface area (Å²) in [5, 5.41) is 11.2. The van der Waals surface area contributed by atoms with E-state index in [9.17, 15) is 10.0 Å². The topological polar surface area (TPSA) is 64.9 Å². The molecule has 2 heterocycles. The summed E-state index contributed by atoms with van der Waals surface area (Å²) in [6, 6.07) is 9.99. The van der Waals surface area contributed by atoms with Gasteiger partial charge in [-0.25, -0.2) is 0 Å². The van der Waals surface area contributed by atoms with Crippen LogP contribution in [0, 0.1) is 5.92 Å². The molecule has 0 radical (unpaired) electrons. The van der Waals surface area contributed by atoms with Crippen molar-refractivity contribution in [2.45, 2.75) is 37.8 Å². The predicted molar refractivity (Wildman–Crippen MR) is 103 cm³/mol. The van der Waals surface area contributed by atoms with Crippen LogP contribution in [0.4, 0.5) is 0 Å². The van der Waals surface area contributed by atoms with Gasteiger partial charge in [0.05, 0.1) is 0 Å². The molecular weight excluding hydrogens is 353 g/mol. The molecule has 3 atom stereocenters. The van der Waals surface area contributed by atoms with Gasteiger partial charge < -0.3 is 0 Å². The van der Waals surface area contributed by atoms with Gasteiger partial charge >= 0.3 is 153 Å². The molecule has 1 amide bonds. The molecule has 5 nitrogen and oxygen atoms in total. The van der Waals surface area contributed by atoms with Crippen molar-refractivity contribution in [2.24, 2.45) is 10.7 Å². The maximum absolute atomic E-state index is 13.5. The van der Waals surface area contributed by atoms with E-state index in [2.05, 4.69) is 17.1 Å². The summed E-state index contributed by atoms with van der Waals surface area (Å²) >= 11 is 1.58. The summed E-state index contributed by atoms with van der Waals surface area (Å²) in [4.78, 5) is 16.4. The summed E-state index contributed by atoms with van der Waals surface area (Å²) < 4.78 is 4.54. The second-order valence-electron chi connectivity index (χ2n) is 7.00. The third-order valence-corrected chi connectivity index (χ3v) is 7.50. The van der Waals surface area contributed by atoms with Crippen LogP contribution in [0.5, 0.6) is 0 Å². The molecule has 0 spiro atoms. The van der Waals surface area contributed by atoms with E-state index in [1.165, 1.54) is 0 Å². The van der Waals surface area contributed by atoms with Crippen LogP contribution >= 0.6 is 19.8 Å². The van der Waals surface area contributed by atoms with Crippen LogP contribution in [0.1, 0.15) is 31.7 Å². The van der Waals surface area contributed by atoms with Gasteiger partial charge in [0.25, 0.3) is 0 Å². The van der Waals surface area contributed by atoms with Gasteiger partial charge in [-0.2, -0.15) is 0 Å². The number of rotatable bonds is 4. The third kappa shape index (κ3) is 2.85. The number of hydroxylamine groups is 1. The van der Waals surface area contributed by atoms with Gasteiger partial charge in [0, 0.05) is 0 Å². The molecule has 0 bridgehead atoms. The molecule has 3 unspecified atom stereocenters. The van der Waals surface area contributed by atoms with E-state index in [1.807, 2.05) is 40.4 Å². The Kier molecular flexibility index (Phi) is 4.71. The van der Waals surface area contributed by atoms with Crippen LogP contribution in [0.2, 0.25) is 0 Å². The van der Waals surface area contributed by atoms with Gasteiger partial charge in [0.2, 0.25) is 0 Å². The molecule has 25 heavy (non-hydrogen) atoms. The first-order chi connectivity index (χ1) is 12.1. The molecule has 2 N–H and O–H groups in total. The molecule has 130 valence electrons. The van der Waals surface area contributed by atoms with Crippen LogP contribution in [0.3, 0.4) is 0 Å². The Morgan fingerprint density at radius 1 is 1.48 bits per heavy atom. The number of thioether (sulfide) groups is 1. The fraction of sp³-hybridized carbons (Fsp3) is 0.444. The fourth-order valence-corrected chi connectivity index (χ4v) is 5.98. The SMILES string of the molecule is CC12CCC1CC(CNO)N2C(=O)C1=C(c2ccccc2)SC=[P+]=N1. The molecular formula is C18H21N3O2PS+. The summed E-state index contributed by atoms with van der Waals surface area (Å²) in [5.74, 6) is 0.521. The van der Waals surface area contributed by atoms with Gasteiger partial charge in [0.1, 0.15) is 0 Å². The number of hydrogen-bond acceptors (Lipinski definition) is 5. The maximum atomic E-state index is 13.5. The molecule has 1 saturated carbocycles. The minimum absolute atomic E-state index is 0.00287. The number of benzene rings is 1. The molecule has 1 aromatic rings. The van der Waals surface area contributed by atoms with Crippen molar-refractivity contribution in [1.82, 2.24) is 10.4 Å². The molecule has 2 aliphatic heterocycles. The first kappa shape index (κ1) is 17.2. The molecule has 3 aliphatic rings. The van der Waals surface area contributed by atoms with Crippen LogP contribution in [-0.4, -0.2) is 39.3 Å². The average Bonchev–Trinajstić information content (AvgIpc) is 2.83. The zero-order chi connectivity index (χ0) is 17.4. The van der Waals surface area contributed by atoms with Gasteiger partial charge in [-0.3, -0.25) is 0 Å². The average molecular weight is 374 g/mol. The Balaban J connectivity index is 1.74. The molecule has 7 heteroatoms. The van der Waals surface area contributed by atoms with E-state index < -0.39 is 0 Å². The van der Waals surface area contributed by atoms with Gasteiger partial charge in [-0.15, -0.1) is 0 Å². The number of carbonyl (C=O) groups is 1. The van der Waals surface area contributed by atoms with Gasteiger partial charge in [0.15, 0.2) is 0 Å². The van der Waals surface area contributed by atoms with Crippen LogP contribution < -0.4 is 5.48 Å². The van der Waals surface area contributed by atoms with Gasteiger partial charge in [-0.05, 0) is 0 Å². The Labute approximate surface area is 153 Å². The predicted octanol–water partition coefficient (Wildman–Crippen LogP) is 3.74. The standard InChI is InChI=1S/C18H21N3O2PS/c1-18-8-7-13(18)9-14(10-19-23)21(18)17(22)15-16(25-11-24-20-15)12-5-3-2-4-6-12/h2-6,11,13-14,19,23H,7-10H2,1H3/q+1. The van der Waals surface area contributed by atoms with Crippen molar-refractivity contribution >= 4 is 35.7 Å². The van der Waals surface area contributed by atoms with Gasteiger partial charge in [-0.1, -0.05) is 0 Å². The fourth-order valence-electron chi connectivity index (χ4n) is 4.29. The number of likely N-dealkylation sites (tertiary alicyclic amines) is 1. The van der Waals surface area contributed by atoms with Crippen LogP contribution in [0.25, 0.3) is 4.91 Å². The molecule has 4 rings (SSSR count). The monoisotopic (exact) mass is 374 g/mol. The van der Waals surface area contributed by atoms with Crippen molar-refractivity contribution in [3.8, 4) is 0 Å². The molecule has 1 saturated heterocycles. The second-order valence-corrected chi connectivity index (χ2v) is 8.92. The Morgan fingerprint density at radius 2 is 2.28 bits per heavy atom. The number of fused-ring (bicyclic) bond motifs is 1. The van der Waals surface area contributed by atoms with E-state index in [0.29, 0.717) is 18.2 Å². The first-order valence-corrected chi connectivity index (χ1v) is 10.3. The Bertz CT molecular complexity index is 791. The van der Waals surface area contributed by atoms with Crippen molar-refractivity contribution in [2.75, 3.05) is 6.54 Å². The number of nitrogens with one attached hydrogen (secondary N) is 1. The van der Waals surface area contributed by atoms with Crippen molar-refractivity contribution in [1.29, 1.82) is 0 Å². The normalized spacial score (nSPS) is 30.7. The van der Waals surface area contributed by atoms with E-state index in [-0.39, 0.29) is 17.5 Å². The quantitative estimate of drug-likeness (QED) is 0.622. The van der Waals surface area contributed by atoms with E-state index >= 15 is 0 Å². The van der Waals surface area contributed by atoms with E-state index in [1.54, 1.807) is 11.8 Å². The van der Waals surface area contributed by atoms with E-state index in [0.717, 1.165) is 37.7 Å². The van der Waals surface area contributed by atoms with Crippen LogP contribution in [0.15, 0.2) is 40.8 Å². The Hall–Kier alpha value is -1.20. The van der Waals surface area contributed by atoms with Crippen molar-refractivity contribution < 1.29 is 10.0 Å². The third-order valence-electron chi connectivity index (χ3n) is 5.73. The summed E-state index contributed by atoms with van der Waals surface area (Å²) in [7, 11) is 0.808. The number of carbonyl (C=O) groups excluding carboxylic acids is 1. The first-order valence-electron chi connectivity index (χ1n) is 8.54. The number of amides is 1. The summed E-state index contributed by atoms with van der Waals surface area (Å²) in [6.07, 6.45) is 3.13. The molecule has 1 aromatic carbocycles. The molecule has 1 aliphatic carbocycles. The second kappa shape index (κ2) is 6.84. The minimum atomic E-state index is -0.106. The number of nitrogens with zero attached hydrogens (tertiary/aromatic N) is 2. The molecule has 2 fully saturated rings. The van der Waals surface area contributed by atoms with Crippen molar-refractivity contribution in [3.05, 3.63) is 41.6 Å². The summed E-state index contributed by atoms with van der Waals surface area (Å²) in [5.41, 5.74) is 3.75. The van der Waals surface area contributed by atoms with Crippen molar-refractivity contribution in [3.63, 3.8) is 0 Å². The van der Waals surface area contributed by atoms with Crippen LogP contribution in [-0.2, 0) is 4.79 Å². The zero-order valence-electron chi connectivity index (χ0n) is 14.1. The molecule has 0 aromatic heterocycles. The Morgan fingerprint density at radius 3 is 2.96 bits per heavy atom. The van der Waals surface area contributed by atoms with E-state index in [4.69, 9.17) is 0 Å². The summed E-state index contributed by atoms with van der Waals surface area (Å²) in [6.45, 7) is 2.59. The number of hydrogen-bond donors (Lipinski definition) is 2.